The minimum absolute atomic E-state index is 0.651. The average molecular weight is 258 g/mol. The Hall–Kier alpha value is -2.20. The van der Waals surface area contributed by atoms with Gasteiger partial charge >= 0.3 is 0 Å². The van der Waals surface area contributed by atoms with Gasteiger partial charge in [-0.25, -0.2) is 0 Å². The maximum Gasteiger partial charge on any atom is 0.167 e. The Bertz CT molecular complexity index is 667. The fraction of sp³-hybridized carbons (Fsp3) is 0. The second kappa shape index (κ2) is 4.58. The van der Waals surface area contributed by atoms with Gasteiger partial charge in [-0.3, -0.25) is 9.97 Å². The molecule has 0 amide bonds. The molecule has 3 rings (SSSR count). The maximum atomic E-state index is 5.93. The standard InChI is InChI=1S/C13H8ClN3O/c14-10-3-1-2-9(6-10)13-7-11(17-18-13)12-8-15-4-5-16-12/h1-8H. The number of rotatable bonds is 2. The van der Waals surface area contributed by atoms with Gasteiger partial charge in [0, 0.05) is 29.0 Å². The molecule has 18 heavy (non-hydrogen) atoms. The smallest absolute Gasteiger partial charge is 0.167 e. The normalized spacial score (nSPS) is 10.5. The van der Waals surface area contributed by atoms with Crippen molar-refractivity contribution in [3.05, 3.63) is 53.9 Å². The molecule has 88 valence electrons. The van der Waals surface area contributed by atoms with Crippen LogP contribution in [0.3, 0.4) is 0 Å². The highest BCUT2D eigenvalue weighted by molar-refractivity contribution is 6.30. The van der Waals surface area contributed by atoms with Gasteiger partial charge < -0.3 is 4.52 Å². The fourth-order valence-electron chi connectivity index (χ4n) is 1.61. The largest absolute Gasteiger partial charge is 0.356 e. The van der Waals surface area contributed by atoms with E-state index in [4.69, 9.17) is 16.1 Å². The summed E-state index contributed by atoms with van der Waals surface area (Å²) in [5.41, 5.74) is 2.21. The highest BCUT2D eigenvalue weighted by Crippen LogP contribution is 2.26. The van der Waals surface area contributed by atoms with E-state index in [2.05, 4.69) is 15.1 Å². The molecule has 0 radical (unpaired) electrons. The molecule has 0 aliphatic rings. The van der Waals surface area contributed by atoms with E-state index < -0.39 is 0 Å². The van der Waals surface area contributed by atoms with Crippen molar-refractivity contribution in [1.82, 2.24) is 15.1 Å². The van der Waals surface area contributed by atoms with Crippen LogP contribution in [-0.2, 0) is 0 Å². The van der Waals surface area contributed by atoms with Crippen LogP contribution in [0, 0.1) is 0 Å². The van der Waals surface area contributed by atoms with E-state index in [1.54, 1.807) is 18.6 Å². The Balaban J connectivity index is 2.00. The Morgan fingerprint density at radius 3 is 2.78 bits per heavy atom. The van der Waals surface area contributed by atoms with Crippen LogP contribution in [-0.4, -0.2) is 15.1 Å². The molecule has 0 aliphatic heterocycles. The van der Waals surface area contributed by atoms with Crippen LogP contribution >= 0.6 is 11.6 Å². The SMILES string of the molecule is Clc1cccc(-c2cc(-c3cnccn3)no2)c1. The third-order valence-electron chi connectivity index (χ3n) is 2.44. The summed E-state index contributed by atoms with van der Waals surface area (Å²) in [4.78, 5) is 8.15. The fourth-order valence-corrected chi connectivity index (χ4v) is 1.80. The number of halogens is 1. The molecule has 0 saturated heterocycles. The predicted octanol–water partition coefficient (Wildman–Crippen LogP) is 3.45. The predicted molar refractivity (Wildman–Crippen MR) is 68.0 cm³/mol. The summed E-state index contributed by atoms with van der Waals surface area (Å²) in [6, 6.07) is 9.22. The summed E-state index contributed by atoms with van der Waals surface area (Å²) >= 11 is 5.93. The first-order valence-electron chi connectivity index (χ1n) is 5.32. The highest BCUT2D eigenvalue weighted by Gasteiger charge is 2.09. The molecule has 0 saturated carbocycles. The van der Waals surface area contributed by atoms with Gasteiger partial charge in [0.25, 0.3) is 0 Å². The van der Waals surface area contributed by atoms with E-state index in [1.165, 1.54) is 0 Å². The third-order valence-corrected chi connectivity index (χ3v) is 2.68. The zero-order valence-corrected chi connectivity index (χ0v) is 10.0. The Labute approximate surface area is 108 Å². The molecular weight excluding hydrogens is 250 g/mol. The quantitative estimate of drug-likeness (QED) is 0.706. The van der Waals surface area contributed by atoms with Gasteiger partial charge in [0.15, 0.2) is 5.76 Å². The lowest BCUT2D eigenvalue weighted by Crippen LogP contribution is -1.82. The van der Waals surface area contributed by atoms with Crippen molar-refractivity contribution in [2.45, 2.75) is 0 Å². The molecule has 0 bridgehead atoms. The molecule has 4 nitrogen and oxygen atoms in total. The minimum atomic E-state index is 0.651. The summed E-state index contributed by atoms with van der Waals surface area (Å²) in [7, 11) is 0. The Kier molecular flexibility index (Phi) is 2.78. The summed E-state index contributed by atoms with van der Waals surface area (Å²) < 4.78 is 5.28. The molecule has 0 unspecified atom stereocenters. The van der Waals surface area contributed by atoms with E-state index in [-0.39, 0.29) is 0 Å². The van der Waals surface area contributed by atoms with Crippen molar-refractivity contribution < 1.29 is 4.52 Å². The highest BCUT2D eigenvalue weighted by atomic mass is 35.5. The second-order valence-corrected chi connectivity index (χ2v) is 4.11. The van der Waals surface area contributed by atoms with E-state index >= 15 is 0 Å². The molecule has 0 fully saturated rings. The van der Waals surface area contributed by atoms with Gasteiger partial charge in [-0.05, 0) is 12.1 Å². The first-order chi connectivity index (χ1) is 8.83. The van der Waals surface area contributed by atoms with Crippen LogP contribution in [0.5, 0.6) is 0 Å². The van der Waals surface area contributed by atoms with Gasteiger partial charge in [0.1, 0.15) is 11.4 Å². The monoisotopic (exact) mass is 257 g/mol. The zero-order valence-electron chi connectivity index (χ0n) is 9.25. The van der Waals surface area contributed by atoms with Crippen molar-refractivity contribution in [1.29, 1.82) is 0 Å². The van der Waals surface area contributed by atoms with Crippen molar-refractivity contribution in [2.75, 3.05) is 0 Å². The first-order valence-corrected chi connectivity index (χ1v) is 5.70. The molecule has 5 heteroatoms. The Morgan fingerprint density at radius 1 is 1.06 bits per heavy atom. The minimum Gasteiger partial charge on any atom is -0.356 e. The molecule has 0 aliphatic carbocycles. The van der Waals surface area contributed by atoms with Crippen LogP contribution in [0.25, 0.3) is 22.7 Å². The van der Waals surface area contributed by atoms with Gasteiger partial charge in [-0.15, -0.1) is 0 Å². The zero-order chi connectivity index (χ0) is 12.4. The lowest BCUT2D eigenvalue weighted by Gasteiger charge is -1.94. The summed E-state index contributed by atoms with van der Waals surface area (Å²) in [6.45, 7) is 0. The van der Waals surface area contributed by atoms with Crippen LogP contribution < -0.4 is 0 Å². The second-order valence-electron chi connectivity index (χ2n) is 3.68. The molecule has 0 atom stereocenters. The molecular formula is C13H8ClN3O. The maximum absolute atomic E-state index is 5.93. The molecule has 2 aromatic heterocycles. The lowest BCUT2D eigenvalue weighted by atomic mass is 10.1. The summed E-state index contributed by atoms with van der Waals surface area (Å²) in [5.74, 6) is 0.651. The van der Waals surface area contributed by atoms with Gasteiger partial charge in [-0.2, -0.15) is 0 Å². The van der Waals surface area contributed by atoms with Crippen LogP contribution in [0.2, 0.25) is 5.02 Å². The van der Waals surface area contributed by atoms with Crippen molar-refractivity contribution in [3.63, 3.8) is 0 Å². The van der Waals surface area contributed by atoms with E-state index in [1.807, 2.05) is 30.3 Å². The molecule has 0 spiro atoms. The molecule has 3 aromatic rings. The van der Waals surface area contributed by atoms with E-state index in [0.29, 0.717) is 22.2 Å². The van der Waals surface area contributed by atoms with Crippen LogP contribution in [0.15, 0.2) is 53.4 Å². The van der Waals surface area contributed by atoms with Crippen LogP contribution in [0.1, 0.15) is 0 Å². The van der Waals surface area contributed by atoms with Crippen molar-refractivity contribution in [2.24, 2.45) is 0 Å². The average Bonchev–Trinajstić information content (AvgIpc) is 2.89. The van der Waals surface area contributed by atoms with E-state index in [9.17, 15) is 0 Å². The topological polar surface area (TPSA) is 51.8 Å². The third kappa shape index (κ3) is 2.10. The van der Waals surface area contributed by atoms with Crippen molar-refractivity contribution >= 4 is 11.6 Å². The van der Waals surface area contributed by atoms with Gasteiger partial charge in [0.05, 0.1) is 6.20 Å². The Morgan fingerprint density at radius 2 is 2.00 bits per heavy atom. The van der Waals surface area contributed by atoms with E-state index in [0.717, 1.165) is 5.56 Å². The number of aromatic nitrogens is 3. The summed E-state index contributed by atoms with van der Waals surface area (Å²) in [5, 5.41) is 4.63. The molecule has 1 aromatic carbocycles. The van der Waals surface area contributed by atoms with Crippen LogP contribution in [0.4, 0.5) is 0 Å². The van der Waals surface area contributed by atoms with Gasteiger partial charge in [-0.1, -0.05) is 28.9 Å². The summed E-state index contributed by atoms with van der Waals surface area (Å²) in [6.07, 6.45) is 4.87. The van der Waals surface area contributed by atoms with Crippen molar-refractivity contribution in [3.8, 4) is 22.7 Å². The number of hydrogen-bond acceptors (Lipinski definition) is 4. The number of benzene rings is 1. The first kappa shape index (κ1) is 10.9. The lowest BCUT2D eigenvalue weighted by molar-refractivity contribution is 0.434. The molecule has 0 N–H and O–H groups in total. The van der Waals surface area contributed by atoms with Gasteiger partial charge in [0.2, 0.25) is 0 Å². The number of nitrogens with zero attached hydrogens (tertiary/aromatic N) is 3. The number of hydrogen-bond donors (Lipinski definition) is 0. The molecule has 2 heterocycles.